The number of carbonyl (C=O) groups excluding carboxylic acids is 2. The molecule has 1 heterocycles. The van der Waals surface area contributed by atoms with Gasteiger partial charge >= 0.3 is 0 Å². The first-order valence-corrected chi connectivity index (χ1v) is 8.92. The summed E-state index contributed by atoms with van der Waals surface area (Å²) in [4.78, 5) is 26.5. The molecule has 0 radical (unpaired) electrons. The third-order valence-corrected chi connectivity index (χ3v) is 4.89. The maximum atomic E-state index is 12.4. The van der Waals surface area contributed by atoms with Crippen molar-refractivity contribution in [1.29, 1.82) is 0 Å². The summed E-state index contributed by atoms with van der Waals surface area (Å²) < 4.78 is 0. The van der Waals surface area contributed by atoms with Crippen LogP contribution in [0.3, 0.4) is 0 Å². The summed E-state index contributed by atoms with van der Waals surface area (Å²) in [5.41, 5.74) is 6.73. The predicted molar refractivity (Wildman–Crippen MR) is 99.1 cm³/mol. The molecule has 5 nitrogen and oxygen atoms in total. The lowest BCUT2D eigenvalue weighted by atomic mass is 10.0. The molecule has 3 rings (SSSR count). The molecule has 1 aliphatic rings. The van der Waals surface area contributed by atoms with E-state index >= 15 is 0 Å². The Kier molecular flexibility index (Phi) is 5.66. The van der Waals surface area contributed by atoms with Gasteiger partial charge in [0.1, 0.15) is 0 Å². The number of hydrogen-bond acceptors (Lipinski definition) is 3. The number of hydrogen-bond donors (Lipinski definition) is 2. The van der Waals surface area contributed by atoms with Crippen LogP contribution in [0.15, 0.2) is 42.5 Å². The highest BCUT2D eigenvalue weighted by Gasteiger charge is 2.25. The van der Waals surface area contributed by atoms with Crippen molar-refractivity contribution in [1.82, 2.24) is 10.2 Å². The first kappa shape index (κ1) is 17.4. The zero-order valence-corrected chi connectivity index (χ0v) is 14.4. The van der Waals surface area contributed by atoms with Crippen LogP contribution in [0, 0.1) is 0 Å². The van der Waals surface area contributed by atoms with Crippen LogP contribution in [-0.2, 0) is 16.0 Å². The molecule has 1 unspecified atom stereocenters. The Morgan fingerprint density at radius 3 is 2.76 bits per heavy atom. The van der Waals surface area contributed by atoms with Gasteiger partial charge in [0.2, 0.25) is 11.8 Å². The standard InChI is InChI=1S/C20H25N3O2/c21-13-17-9-3-4-11-23(17)20(25)14-22-19(24)12-16-8-5-7-15-6-1-2-10-18(15)16/h1-2,5-8,10,17H,3-4,9,11-14,21H2,(H,22,24). The molecule has 0 aliphatic carbocycles. The fourth-order valence-electron chi connectivity index (χ4n) is 3.53. The third kappa shape index (κ3) is 4.17. The summed E-state index contributed by atoms with van der Waals surface area (Å²) in [5, 5.41) is 4.96. The van der Waals surface area contributed by atoms with Crippen molar-refractivity contribution in [3.05, 3.63) is 48.0 Å². The van der Waals surface area contributed by atoms with Crippen LogP contribution in [0.2, 0.25) is 0 Å². The second-order valence-corrected chi connectivity index (χ2v) is 6.56. The average molecular weight is 339 g/mol. The summed E-state index contributed by atoms with van der Waals surface area (Å²) in [6, 6.07) is 14.1. The molecule has 0 spiro atoms. The third-order valence-electron chi connectivity index (χ3n) is 4.89. The van der Waals surface area contributed by atoms with Gasteiger partial charge in [-0.3, -0.25) is 9.59 Å². The summed E-state index contributed by atoms with van der Waals surface area (Å²) in [7, 11) is 0. The zero-order chi connectivity index (χ0) is 17.6. The molecule has 1 saturated heterocycles. The Bertz CT molecular complexity index is 754. The fourth-order valence-corrected chi connectivity index (χ4v) is 3.53. The lowest BCUT2D eigenvalue weighted by Gasteiger charge is -2.35. The molecular weight excluding hydrogens is 314 g/mol. The Morgan fingerprint density at radius 2 is 1.92 bits per heavy atom. The van der Waals surface area contributed by atoms with E-state index in [1.165, 1.54) is 0 Å². The van der Waals surface area contributed by atoms with E-state index in [0.717, 1.165) is 42.1 Å². The van der Waals surface area contributed by atoms with E-state index in [2.05, 4.69) is 5.32 Å². The number of fused-ring (bicyclic) bond motifs is 1. The van der Waals surface area contributed by atoms with Crippen molar-refractivity contribution in [2.45, 2.75) is 31.7 Å². The van der Waals surface area contributed by atoms with Gasteiger partial charge in [-0.05, 0) is 35.6 Å². The van der Waals surface area contributed by atoms with Gasteiger partial charge in [-0.15, -0.1) is 0 Å². The second kappa shape index (κ2) is 8.12. The molecule has 1 aliphatic heterocycles. The van der Waals surface area contributed by atoms with E-state index in [9.17, 15) is 9.59 Å². The van der Waals surface area contributed by atoms with Gasteiger partial charge < -0.3 is 16.0 Å². The fraction of sp³-hybridized carbons (Fsp3) is 0.400. The van der Waals surface area contributed by atoms with E-state index < -0.39 is 0 Å². The number of benzene rings is 2. The summed E-state index contributed by atoms with van der Waals surface area (Å²) in [6.07, 6.45) is 3.34. The summed E-state index contributed by atoms with van der Waals surface area (Å²) in [6.45, 7) is 1.26. The first-order valence-electron chi connectivity index (χ1n) is 8.92. The first-order chi connectivity index (χ1) is 12.2. The summed E-state index contributed by atoms with van der Waals surface area (Å²) in [5.74, 6) is -0.174. The lowest BCUT2D eigenvalue weighted by molar-refractivity contribution is -0.135. The number of nitrogens with one attached hydrogen (secondary N) is 1. The minimum absolute atomic E-state index is 0.0404. The lowest BCUT2D eigenvalue weighted by Crippen LogP contribution is -2.50. The molecule has 0 bridgehead atoms. The Balaban J connectivity index is 1.58. The van der Waals surface area contributed by atoms with Gasteiger partial charge in [0, 0.05) is 19.1 Å². The van der Waals surface area contributed by atoms with Gasteiger partial charge in [-0.1, -0.05) is 42.5 Å². The van der Waals surface area contributed by atoms with Crippen LogP contribution in [-0.4, -0.2) is 42.4 Å². The average Bonchev–Trinajstić information content (AvgIpc) is 2.66. The van der Waals surface area contributed by atoms with Gasteiger partial charge in [-0.2, -0.15) is 0 Å². The number of likely N-dealkylation sites (tertiary alicyclic amines) is 1. The zero-order valence-electron chi connectivity index (χ0n) is 14.4. The van der Waals surface area contributed by atoms with Crippen LogP contribution in [0.25, 0.3) is 10.8 Å². The number of rotatable bonds is 5. The molecule has 3 N–H and O–H groups in total. The molecule has 1 atom stereocenters. The van der Waals surface area contributed by atoms with Crippen molar-refractivity contribution in [2.75, 3.05) is 19.6 Å². The molecule has 25 heavy (non-hydrogen) atoms. The van der Waals surface area contributed by atoms with E-state index in [4.69, 9.17) is 5.73 Å². The Hall–Kier alpha value is -2.40. The minimum Gasteiger partial charge on any atom is -0.347 e. The van der Waals surface area contributed by atoms with Gasteiger partial charge in [0.15, 0.2) is 0 Å². The van der Waals surface area contributed by atoms with Crippen molar-refractivity contribution in [2.24, 2.45) is 5.73 Å². The molecule has 0 aromatic heterocycles. The minimum atomic E-state index is -0.133. The molecular formula is C20H25N3O2. The van der Waals surface area contributed by atoms with Gasteiger partial charge in [-0.25, -0.2) is 0 Å². The molecule has 5 heteroatoms. The molecule has 132 valence electrons. The van der Waals surface area contributed by atoms with Crippen LogP contribution >= 0.6 is 0 Å². The van der Waals surface area contributed by atoms with E-state index in [1.807, 2.05) is 47.4 Å². The molecule has 2 amide bonds. The number of amides is 2. The van der Waals surface area contributed by atoms with Crippen molar-refractivity contribution in [3.63, 3.8) is 0 Å². The molecule has 1 fully saturated rings. The SMILES string of the molecule is NCC1CCCCN1C(=O)CNC(=O)Cc1cccc2ccccc12. The number of nitrogens with two attached hydrogens (primary N) is 1. The van der Waals surface area contributed by atoms with Gasteiger partial charge in [0.05, 0.1) is 13.0 Å². The molecule has 2 aromatic carbocycles. The summed E-state index contributed by atoms with van der Waals surface area (Å²) >= 11 is 0. The van der Waals surface area contributed by atoms with Crippen molar-refractivity contribution < 1.29 is 9.59 Å². The Morgan fingerprint density at radius 1 is 1.12 bits per heavy atom. The maximum Gasteiger partial charge on any atom is 0.242 e. The topological polar surface area (TPSA) is 75.4 Å². The Labute approximate surface area is 148 Å². The monoisotopic (exact) mass is 339 g/mol. The van der Waals surface area contributed by atoms with E-state index in [0.29, 0.717) is 6.54 Å². The number of nitrogens with zero attached hydrogens (tertiary/aromatic N) is 1. The van der Waals surface area contributed by atoms with Crippen LogP contribution in [0.5, 0.6) is 0 Å². The normalized spacial score (nSPS) is 17.5. The van der Waals surface area contributed by atoms with Crippen LogP contribution in [0.1, 0.15) is 24.8 Å². The highest BCUT2D eigenvalue weighted by molar-refractivity contribution is 5.91. The second-order valence-electron chi connectivity index (χ2n) is 6.56. The van der Waals surface area contributed by atoms with Crippen LogP contribution < -0.4 is 11.1 Å². The molecule has 0 saturated carbocycles. The number of carbonyl (C=O) groups is 2. The highest BCUT2D eigenvalue weighted by atomic mass is 16.2. The van der Waals surface area contributed by atoms with Gasteiger partial charge in [0.25, 0.3) is 0 Å². The smallest absolute Gasteiger partial charge is 0.242 e. The molecule has 2 aromatic rings. The van der Waals surface area contributed by atoms with E-state index in [1.54, 1.807) is 0 Å². The van der Waals surface area contributed by atoms with Crippen molar-refractivity contribution >= 4 is 22.6 Å². The number of piperidine rings is 1. The maximum absolute atomic E-state index is 12.4. The quantitative estimate of drug-likeness (QED) is 0.873. The van der Waals surface area contributed by atoms with Crippen molar-refractivity contribution in [3.8, 4) is 0 Å². The predicted octanol–water partition coefficient (Wildman–Crippen LogP) is 1.84. The van der Waals surface area contributed by atoms with E-state index in [-0.39, 0.29) is 30.8 Å². The largest absolute Gasteiger partial charge is 0.347 e. The highest BCUT2D eigenvalue weighted by Crippen LogP contribution is 2.19. The van der Waals surface area contributed by atoms with Crippen LogP contribution in [0.4, 0.5) is 0 Å².